The second-order valence-electron chi connectivity index (χ2n) is 7.56. The molecule has 1 saturated carbocycles. The summed E-state index contributed by atoms with van der Waals surface area (Å²) in [6.45, 7) is 5.98. The van der Waals surface area contributed by atoms with Crippen molar-refractivity contribution in [3.05, 3.63) is 11.8 Å². The third kappa shape index (κ3) is 4.07. The van der Waals surface area contributed by atoms with Crippen molar-refractivity contribution >= 4 is 17.9 Å². The van der Waals surface area contributed by atoms with Crippen molar-refractivity contribution in [1.82, 2.24) is 10.1 Å². The fourth-order valence-corrected chi connectivity index (χ4v) is 2.87. The first kappa shape index (κ1) is 16.8. The molecule has 1 aliphatic heterocycles. The minimum Gasteiger partial charge on any atom is -0.444 e. The monoisotopic (exact) mass is 335 g/mol. The van der Waals surface area contributed by atoms with E-state index in [-0.39, 0.29) is 5.91 Å². The fraction of sp³-hybridized carbons (Fsp3) is 0.706. The van der Waals surface area contributed by atoms with Crippen LogP contribution in [0.3, 0.4) is 0 Å². The molecule has 7 heteroatoms. The van der Waals surface area contributed by atoms with E-state index in [2.05, 4.69) is 10.5 Å². The van der Waals surface area contributed by atoms with Crippen LogP contribution in [-0.2, 0) is 9.53 Å². The lowest BCUT2D eigenvalue weighted by Crippen LogP contribution is -2.51. The van der Waals surface area contributed by atoms with Crippen LogP contribution in [0.4, 0.5) is 10.7 Å². The summed E-state index contributed by atoms with van der Waals surface area (Å²) in [6, 6.07) is 1.24. The van der Waals surface area contributed by atoms with Crippen molar-refractivity contribution in [1.29, 1.82) is 0 Å². The molecule has 0 bridgehead atoms. The molecule has 1 atom stereocenters. The van der Waals surface area contributed by atoms with Gasteiger partial charge in [-0.15, -0.1) is 0 Å². The Bertz CT molecular complexity index is 616. The summed E-state index contributed by atoms with van der Waals surface area (Å²) in [5.74, 6) is 0.558. The Kier molecular flexibility index (Phi) is 4.51. The first-order valence-corrected chi connectivity index (χ1v) is 8.60. The number of carbonyl (C=O) groups is 2. The summed E-state index contributed by atoms with van der Waals surface area (Å²) in [5.41, 5.74) is 0.303. The molecule has 1 aromatic rings. The zero-order valence-corrected chi connectivity index (χ0v) is 14.5. The average Bonchev–Trinajstić information content (AvgIpc) is 3.26. The van der Waals surface area contributed by atoms with E-state index in [0.717, 1.165) is 31.4 Å². The first-order valence-electron chi connectivity index (χ1n) is 8.60. The number of anilines is 1. The topological polar surface area (TPSA) is 84.7 Å². The third-order valence-electron chi connectivity index (χ3n) is 4.20. The molecule has 1 aromatic heterocycles. The van der Waals surface area contributed by atoms with Gasteiger partial charge >= 0.3 is 6.09 Å². The maximum Gasteiger partial charge on any atom is 0.410 e. The van der Waals surface area contributed by atoms with Crippen molar-refractivity contribution in [2.75, 3.05) is 11.9 Å². The van der Waals surface area contributed by atoms with Crippen molar-refractivity contribution in [3.63, 3.8) is 0 Å². The smallest absolute Gasteiger partial charge is 0.410 e. The second-order valence-corrected chi connectivity index (χ2v) is 7.56. The molecule has 2 heterocycles. The Hall–Kier alpha value is -2.05. The maximum atomic E-state index is 12.6. The Morgan fingerprint density at radius 1 is 1.29 bits per heavy atom. The molecule has 0 radical (unpaired) electrons. The number of ether oxygens (including phenoxy) is 1. The van der Waals surface area contributed by atoms with Gasteiger partial charge in [0.15, 0.2) is 0 Å². The van der Waals surface area contributed by atoms with Crippen molar-refractivity contribution in [2.45, 2.75) is 70.4 Å². The van der Waals surface area contributed by atoms with Crippen LogP contribution in [0.1, 0.15) is 64.5 Å². The number of carbonyl (C=O) groups excluding carboxylic acids is 2. The van der Waals surface area contributed by atoms with Crippen molar-refractivity contribution in [3.8, 4) is 0 Å². The number of hydrogen-bond acceptors (Lipinski definition) is 5. The van der Waals surface area contributed by atoms with Gasteiger partial charge in [0.1, 0.15) is 11.6 Å². The molecule has 1 aliphatic carbocycles. The van der Waals surface area contributed by atoms with Gasteiger partial charge < -0.3 is 9.26 Å². The van der Waals surface area contributed by atoms with E-state index in [1.165, 1.54) is 4.90 Å². The van der Waals surface area contributed by atoms with E-state index in [1.807, 2.05) is 20.8 Å². The fourth-order valence-electron chi connectivity index (χ4n) is 2.87. The normalized spacial score (nSPS) is 21.5. The van der Waals surface area contributed by atoms with Gasteiger partial charge in [0, 0.05) is 18.5 Å². The van der Waals surface area contributed by atoms with Gasteiger partial charge in [-0.25, -0.2) is 4.79 Å². The SMILES string of the molecule is CC(C)(C)OC(=O)N1CCCC[C@@H]1C(=O)Nc1cc(C2CC2)no1. The van der Waals surface area contributed by atoms with E-state index < -0.39 is 17.7 Å². The van der Waals surface area contributed by atoms with Crippen LogP contribution in [0.2, 0.25) is 0 Å². The van der Waals surface area contributed by atoms with Crippen LogP contribution in [0.15, 0.2) is 10.6 Å². The average molecular weight is 335 g/mol. The highest BCUT2D eigenvalue weighted by Crippen LogP contribution is 2.40. The van der Waals surface area contributed by atoms with Crippen LogP contribution in [0.25, 0.3) is 0 Å². The largest absolute Gasteiger partial charge is 0.444 e. The number of nitrogens with zero attached hydrogens (tertiary/aromatic N) is 2. The zero-order chi connectivity index (χ0) is 17.3. The van der Waals surface area contributed by atoms with Crippen LogP contribution >= 0.6 is 0 Å². The van der Waals surface area contributed by atoms with Gasteiger partial charge in [0.25, 0.3) is 0 Å². The predicted molar refractivity (Wildman–Crippen MR) is 87.7 cm³/mol. The van der Waals surface area contributed by atoms with Crippen LogP contribution < -0.4 is 5.32 Å². The van der Waals surface area contributed by atoms with Gasteiger partial charge in [-0.05, 0) is 52.9 Å². The van der Waals surface area contributed by atoms with Gasteiger partial charge in [0.2, 0.25) is 11.8 Å². The molecular formula is C17H25N3O4. The Balaban J connectivity index is 1.64. The number of aromatic nitrogens is 1. The standard InChI is InChI=1S/C17H25N3O4/c1-17(2,3)23-16(22)20-9-5-4-6-13(20)15(21)18-14-10-12(19-24-14)11-7-8-11/h10-11,13H,4-9H2,1-3H3,(H,18,21)/t13-/m1/s1. The van der Waals surface area contributed by atoms with Gasteiger partial charge in [0.05, 0.1) is 5.69 Å². The Morgan fingerprint density at radius 2 is 2.04 bits per heavy atom. The maximum absolute atomic E-state index is 12.6. The first-order chi connectivity index (χ1) is 11.3. The number of piperidine rings is 1. The van der Waals surface area contributed by atoms with Crippen LogP contribution in [0, 0.1) is 0 Å². The van der Waals surface area contributed by atoms with Crippen molar-refractivity contribution in [2.24, 2.45) is 0 Å². The lowest BCUT2D eigenvalue weighted by Gasteiger charge is -2.35. The van der Waals surface area contributed by atoms with E-state index in [4.69, 9.17) is 9.26 Å². The molecular weight excluding hydrogens is 310 g/mol. The zero-order valence-electron chi connectivity index (χ0n) is 14.5. The molecule has 2 fully saturated rings. The molecule has 0 unspecified atom stereocenters. The lowest BCUT2D eigenvalue weighted by atomic mass is 10.0. The molecule has 0 aromatic carbocycles. The van der Waals surface area contributed by atoms with E-state index in [0.29, 0.717) is 24.8 Å². The lowest BCUT2D eigenvalue weighted by molar-refractivity contribution is -0.122. The van der Waals surface area contributed by atoms with Gasteiger partial charge in [-0.1, -0.05) is 5.16 Å². The highest BCUT2D eigenvalue weighted by molar-refractivity contribution is 5.95. The minimum absolute atomic E-state index is 0.251. The van der Waals surface area contributed by atoms with Gasteiger partial charge in [-0.2, -0.15) is 0 Å². The highest BCUT2D eigenvalue weighted by atomic mass is 16.6. The summed E-state index contributed by atoms with van der Waals surface area (Å²) >= 11 is 0. The van der Waals surface area contributed by atoms with E-state index in [9.17, 15) is 9.59 Å². The summed E-state index contributed by atoms with van der Waals surface area (Å²) in [7, 11) is 0. The molecule has 2 aliphatic rings. The Morgan fingerprint density at radius 3 is 2.71 bits per heavy atom. The van der Waals surface area contributed by atoms with Crippen LogP contribution in [-0.4, -0.2) is 40.2 Å². The van der Waals surface area contributed by atoms with E-state index in [1.54, 1.807) is 6.07 Å². The number of likely N-dealkylation sites (tertiary alicyclic amines) is 1. The molecule has 24 heavy (non-hydrogen) atoms. The summed E-state index contributed by atoms with van der Waals surface area (Å²) < 4.78 is 10.6. The summed E-state index contributed by atoms with van der Waals surface area (Å²) in [6.07, 6.45) is 4.19. The quantitative estimate of drug-likeness (QED) is 0.916. The molecule has 7 nitrogen and oxygen atoms in total. The molecule has 1 N–H and O–H groups in total. The number of nitrogens with one attached hydrogen (secondary N) is 1. The number of amides is 2. The summed E-state index contributed by atoms with van der Waals surface area (Å²) in [5, 5.41) is 6.73. The molecule has 3 rings (SSSR count). The second kappa shape index (κ2) is 6.45. The van der Waals surface area contributed by atoms with E-state index >= 15 is 0 Å². The highest BCUT2D eigenvalue weighted by Gasteiger charge is 2.35. The molecule has 1 saturated heterocycles. The van der Waals surface area contributed by atoms with Gasteiger partial charge in [-0.3, -0.25) is 15.0 Å². The van der Waals surface area contributed by atoms with Crippen LogP contribution in [0.5, 0.6) is 0 Å². The third-order valence-corrected chi connectivity index (χ3v) is 4.20. The Labute approximate surface area is 141 Å². The summed E-state index contributed by atoms with van der Waals surface area (Å²) in [4.78, 5) is 26.5. The van der Waals surface area contributed by atoms with Crippen molar-refractivity contribution < 1.29 is 18.8 Å². The molecule has 132 valence electrons. The molecule has 0 spiro atoms. The minimum atomic E-state index is -0.584. The molecule has 2 amide bonds. The number of rotatable bonds is 3. The predicted octanol–water partition coefficient (Wildman–Crippen LogP) is 3.28. The number of hydrogen-bond donors (Lipinski definition) is 1.